The van der Waals surface area contributed by atoms with Crippen molar-refractivity contribution in [3.8, 4) is 5.75 Å². The zero-order valence-electron chi connectivity index (χ0n) is 12.6. The molecule has 1 fully saturated rings. The van der Waals surface area contributed by atoms with Crippen LogP contribution >= 0.6 is 11.3 Å². The molecule has 1 saturated heterocycles. The number of hydrogen-bond acceptors (Lipinski definition) is 5. The summed E-state index contributed by atoms with van der Waals surface area (Å²) < 4.78 is 19.5. The molecule has 0 spiro atoms. The van der Waals surface area contributed by atoms with Gasteiger partial charge in [0, 0.05) is 37.8 Å². The highest BCUT2D eigenvalue weighted by Gasteiger charge is 2.42. The lowest BCUT2D eigenvalue weighted by molar-refractivity contribution is 0.0682. The smallest absolute Gasteiger partial charge is 0.257 e. The number of thiazole rings is 1. The van der Waals surface area contributed by atoms with Crippen LogP contribution in [0.4, 0.5) is 4.39 Å². The lowest BCUT2D eigenvalue weighted by Gasteiger charge is -2.25. The van der Waals surface area contributed by atoms with Crippen molar-refractivity contribution in [2.45, 2.75) is 18.7 Å². The zero-order valence-corrected chi connectivity index (χ0v) is 13.4. The Balaban J connectivity index is 1.60. The lowest BCUT2D eigenvalue weighted by Crippen LogP contribution is -2.44. The molecule has 23 heavy (non-hydrogen) atoms. The number of likely N-dealkylation sites (N-methyl/N-ethyl adjacent to an activating group) is 1. The number of ether oxygens (including phenoxy) is 1. The summed E-state index contributed by atoms with van der Waals surface area (Å²) >= 11 is 1.62. The molecule has 0 N–H and O–H groups in total. The third-order valence-electron chi connectivity index (χ3n) is 4.43. The van der Waals surface area contributed by atoms with Crippen LogP contribution in [0.1, 0.15) is 15.4 Å². The topological polar surface area (TPSA) is 45.7 Å². The SMILES string of the molecule is CN1C(=O)c2ccc(F)cc2OC2CN(Cc3nccs3)CC21. The normalized spacial score (nSPS) is 24.1. The van der Waals surface area contributed by atoms with Crippen LogP contribution in [-0.2, 0) is 6.54 Å². The maximum Gasteiger partial charge on any atom is 0.257 e. The number of benzene rings is 1. The van der Waals surface area contributed by atoms with Crippen molar-refractivity contribution >= 4 is 17.2 Å². The molecule has 2 aliphatic heterocycles. The van der Waals surface area contributed by atoms with Gasteiger partial charge in [-0.15, -0.1) is 11.3 Å². The molecular weight excluding hydrogens is 317 g/mol. The van der Waals surface area contributed by atoms with Gasteiger partial charge >= 0.3 is 0 Å². The minimum atomic E-state index is -0.393. The van der Waals surface area contributed by atoms with E-state index in [9.17, 15) is 9.18 Å². The molecule has 1 aromatic carbocycles. The second kappa shape index (κ2) is 5.58. The first-order valence-corrected chi connectivity index (χ1v) is 8.34. The van der Waals surface area contributed by atoms with E-state index >= 15 is 0 Å². The van der Waals surface area contributed by atoms with Gasteiger partial charge in [0.1, 0.15) is 22.7 Å². The molecule has 3 heterocycles. The molecule has 0 saturated carbocycles. The van der Waals surface area contributed by atoms with E-state index in [1.165, 1.54) is 18.2 Å². The zero-order chi connectivity index (χ0) is 16.0. The number of rotatable bonds is 2. The van der Waals surface area contributed by atoms with Crippen LogP contribution < -0.4 is 4.74 Å². The Morgan fingerprint density at radius 3 is 3.09 bits per heavy atom. The van der Waals surface area contributed by atoms with Gasteiger partial charge < -0.3 is 9.64 Å². The minimum absolute atomic E-state index is 0.0436. The van der Waals surface area contributed by atoms with E-state index in [0.29, 0.717) is 17.9 Å². The molecule has 1 amide bonds. The second-order valence-electron chi connectivity index (χ2n) is 5.90. The first kappa shape index (κ1) is 14.6. The molecule has 2 atom stereocenters. The minimum Gasteiger partial charge on any atom is -0.486 e. The largest absolute Gasteiger partial charge is 0.486 e. The number of likely N-dealkylation sites (tertiary alicyclic amines) is 1. The fraction of sp³-hybridized carbons (Fsp3) is 0.375. The number of fused-ring (bicyclic) bond motifs is 2. The molecule has 2 aliphatic rings. The quantitative estimate of drug-likeness (QED) is 0.843. The summed E-state index contributed by atoms with van der Waals surface area (Å²) in [5, 5.41) is 3.00. The predicted molar refractivity (Wildman–Crippen MR) is 84.1 cm³/mol. The summed E-state index contributed by atoms with van der Waals surface area (Å²) in [6.07, 6.45) is 1.63. The molecule has 2 aromatic rings. The van der Waals surface area contributed by atoms with Crippen molar-refractivity contribution < 1.29 is 13.9 Å². The van der Waals surface area contributed by atoms with Crippen molar-refractivity contribution in [2.24, 2.45) is 0 Å². The molecule has 1 aromatic heterocycles. The highest BCUT2D eigenvalue weighted by Crippen LogP contribution is 2.31. The van der Waals surface area contributed by atoms with E-state index in [-0.39, 0.29) is 18.1 Å². The van der Waals surface area contributed by atoms with Gasteiger partial charge in [0.2, 0.25) is 0 Å². The Morgan fingerprint density at radius 2 is 2.30 bits per heavy atom. The molecule has 0 radical (unpaired) electrons. The van der Waals surface area contributed by atoms with Crippen molar-refractivity contribution in [1.29, 1.82) is 0 Å². The number of nitrogens with zero attached hydrogens (tertiary/aromatic N) is 3. The number of aromatic nitrogens is 1. The van der Waals surface area contributed by atoms with Crippen LogP contribution in [0, 0.1) is 5.82 Å². The number of carbonyl (C=O) groups excluding carboxylic acids is 1. The Hall–Kier alpha value is -1.99. The predicted octanol–water partition coefficient (Wildman–Crippen LogP) is 2.00. The third-order valence-corrected chi connectivity index (χ3v) is 5.19. The van der Waals surface area contributed by atoms with Gasteiger partial charge in [0.05, 0.1) is 18.2 Å². The van der Waals surface area contributed by atoms with Gasteiger partial charge in [-0.05, 0) is 12.1 Å². The Bertz CT molecular complexity index is 737. The van der Waals surface area contributed by atoms with Gasteiger partial charge in [0.25, 0.3) is 5.91 Å². The average Bonchev–Trinajstić information content (AvgIpc) is 3.15. The molecule has 2 unspecified atom stereocenters. The van der Waals surface area contributed by atoms with E-state index < -0.39 is 5.82 Å². The van der Waals surface area contributed by atoms with Crippen LogP contribution in [0.5, 0.6) is 5.75 Å². The third kappa shape index (κ3) is 2.60. The van der Waals surface area contributed by atoms with Crippen molar-refractivity contribution in [3.05, 3.63) is 46.2 Å². The summed E-state index contributed by atoms with van der Waals surface area (Å²) in [4.78, 5) is 20.9. The monoisotopic (exact) mass is 333 g/mol. The maximum atomic E-state index is 13.5. The fourth-order valence-corrected chi connectivity index (χ4v) is 3.90. The standard InChI is InChI=1S/C16H16FN3O2S/c1-19-12-7-20(9-15-18-4-5-23-15)8-14(12)22-13-6-10(17)2-3-11(13)16(19)21/h2-6,12,14H,7-9H2,1H3. The fourth-order valence-electron chi connectivity index (χ4n) is 3.25. The van der Waals surface area contributed by atoms with Gasteiger partial charge in [-0.1, -0.05) is 0 Å². The Morgan fingerprint density at radius 1 is 1.43 bits per heavy atom. The number of carbonyl (C=O) groups is 1. The van der Waals surface area contributed by atoms with E-state index in [4.69, 9.17) is 4.74 Å². The molecule has 7 heteroatoms. The molecule has 120 valence electrons. The second-order valence-corrected chi connectivity index (χ2v) is 6.88. The van der Waals surface area contributed by atoms with Crippen molar-refractivity contribution in [2.75, 3.05) is 20.1 Å². The van der Waals surface area contributed by atoms with Crippen LogP contribution in [0.3, 0.4) is 0 Å². The van der Waals surface area contributed by atoms with Crippen LogP contribution in [0.2, 0.25) is 0 Å². The van der Waals surface area contributed by atoms with Gasteiger partial charge in [0.15, 0.2) is 0 Å². The Labute approximate surface area is 137 Å². The van der Waals surface area contributed by atoms with Crippen molar-refractivity contribution in [3.63, 3.8) is 0 Å². The first-order chi connectivity index (χ1) is 11.1. The lowest BCUT2D eigenvalue weighted by atomic mass is 10.1. The maximum absolute atomic E-state index is 13.5. The summed E-state index contributed by atoms with van der Waals surface area (Å²) in [5.41, 5.74) is 0.426. The van der Waals surface area contributed by atoms with Crippen LogP contribution in [0.15, 0.2) is 29.8 Å². The highest BCUT2D eigenvalue weighted by molar-refractivity contribution is 7.09. The summed E-state index contributed by atoms with van der Waals surface area (Å²) in [5.74, 6) is -0.177. The van der Waals surface area contributed by atoms with Crippen molar-refractivity contribution in [1.82, 2.24) is 14.8 Å². The highest BCUT2D eigenvalue weighted by atomic mass is 32.1. The summed E-state index contributed by atoms with van der Waals surface area (Å²) in [6, 6.07) is 4.05. The van der Waals surface area contributed by atoms with E-state index in [2.05, 4.69) is 9.88 Å². The summed E-state index contributed by atoms with van der Waals surface area (Å²) in [6.45, 7) is 2.16. The van der Waals surface area contributed by atoms with E-state index in [1.807, 2.05) is 5.38 Å². The Kier molecular flexibility index (Phi) is 3.54. The van der Waals surface area contributed by atoms with E-state index in [1.54, 1.807) is 29.5 Å². The van der Waals surface area contributed by atoms with Crippen LogP contribution in [0.25, 0.3) is 0 Å². The molecule has 5 nitrogen and oxygen atoms in total. The summed E-state index contributed by atoms with van der Waals surface area (Å²) in [7, 11) is 1.79. The van der Waals surface area contributed by atoms with Gasteiger partial charge in [-0.2, -0.15) is 0 Å². The first-order valence-electron chi connectivity index (χ1n) is 7.46. The number of amides is 1. The van der Waals surface area contributed by atoms with E-state index in [0.717, 1.165) is 18.1 Å². The number of hydrogen-bond donors (Lipinski definition) is 0. The molecule has 0 bridgehead atoms. The average molecular weight is 333 g/mol. The molecule has 4 rings (SSSR count). The number of halogens is 1. The molecule has 0 aliphatic carbocycles. The van der Waals surface area contributed by atoms with Gasteiger partial charge in [-0.25, -0.2) is 9.37 Å². The van der Waals surface area contributed by atoms with Gasteiger partial charge in [-0.3, -0.25) is 9.69 Å². The molecular formula is C16H16FN3O2S. The van der Waals surface area contributed by atoms with Crippen LogP contribution in [-0.4, -0.2) is 53.0 Å².